The van der Waals surface area contributed by atoms with E-state index in [0.29, 0.717) is 12.6 Å². The highest BCUT2D eigenvalue weighted by molar-refractivity contribution is 5.87. The Balaban J connectivity index is 1.98. The summed E-state index contributed by atoms with van der Waals surface area (Å²) in [5.41, 5.74) is 6.85. The third-order valence-electron chi connectivity index (χ3n) is 3.51. The molecule has 1 aromatic rings. The molecule has 1 unspecified atom stereocenters. The normalized spacial score (nSPS) is 19.3. The van der Waals surface area contributed by atoms with E-state index < -0.39 is 0 Å². The zero-order valence-corrected chi connectivity index (χ0v) is 11.0. The smallest absolute Gasteiger partial charge is 0.147 e. The molecule has 0 spiro atoms. The van der Waals surface area contributed by atoms with E-state index in [1.54, 1.807) is 0 Å². The molecule has 104 valence electrons. The van der Waals surface area contributed by atoms with E-state index in [4.69, 9.17) is 15.7 Å². The highest BCUT2D eigenvalue weighted by Crippen LogP contribution is 2.16. The fourth-order valence-corrected chi connectivity index (χ4v) is 2.33. The molecule has 0 aromatic heterocycles. The zero-order chi connectivity index (χ0) is 13.5. The van der Waals surface area contributed by atoms with Gasteiger partial charge in [0, 0.05) is 25.8 Å². The van der Waals surface area contributed by atoms with Crippen LogP contribution in [0.25, 0.3) is 0 Å². The predicted octanol–water partition coefficient (Wildman–Crippen LogP) is 1.29. The molecule has 0 bridgehead atoms. The summed E-state index contributed by atoms with van der Waals surface area (Å²) < 4.78 is 5.33. The van der Waals surface area contributed by atoms with Crippen LogP contribution in [0.2, 0.25) is 0 Å². The van der Waals surface area contributed by atoms with Gasteiger partial charge in [0.25, 0.3) is 0 Å². The van der Waals surface area contributed by atoms with Crippen LogP contribution in [0.4, 0.5) is 0 Å². The zero-order valence-electron chi connectivity index (χ0n) is 11.0. The Kier molecular flexibility index (Phi) is 5.18. The fourth-order valence-electron chi connectivity index (χ4n) is 2.33. The van der Waals surface area contributed by atoms with E-state index in [2.05, 4.69) is 10.5 Å². The number of ether oxygens (including phenoxy) is 1. The Morgan fingerprint density at radius 1 is 1.37 bits per heavy atom. The van der Waals surface area contributed by atoms with Gasteiger partial charge in [-0.2, -0.15) is 0 Å². The van der Waals surface area contributed by atoms with Crippen molar-refractivity contribution in [3.05, 3.63) is 35.9 Å². The van der Waals surface area contributed by atoms with Crippen molar-refractivity contribution in [1.82, 2.24) is 5.32 Å². The second kappa shape index (κ2) is 7.11. The SMILES string of the molecule is NC(=NO)C(CNC1CCOCC1)c1ccccc1. The van der Waals surface area contributed by atoms with Crippen LogP contribution in [0.3, 0.4) is 0 Å². The Hall–Kier alpha value is -1.59. The Labute approximate surface area is 113 Å². The number of nitrogens with zero attached hydrogens (tertiary/aromatic N) is 1. The highest BCUT2D eigenvalue weighted by atomic mass is 16.5. The van der Waals surface area contributed by atoms with E-state index in [-0.39, 0.29) is 11.8 Å². The van der Waals surface area contributed by atoms with Gasteiger partial charge in [-0.05, 0) is 18.4 Å². The molecule has 0 radical (unpaired) electrons. The van der Waals surface area contributed by atoms with Crippen molar-refractivity contribution < 1.29 is 9.94 Å². The number of oxime groups is 1. The van der Waals surface area contributed by atoms with Crippen molar-refractivity contribution in [3.8, 4) is 0 Å². The lowest BCUT2D eigenvalue weighted by Gasteiger charge is -2.25. The van der Waals surface area contributed by atoms with Crippen LogP contribution < -0.4 is 11.1 Å². The summed E-state index contributed by atoms with van der Waals surface area (Å²) in [7, 11) is 0. The predicted molar refractivity (Wildman–Crippen MR) is 74.4 cm³/mol. The second-order valence-electron chi connectivity index (χ2n) is 4.78. The first kappa shape index (κ1) is 13.8. The highest BCUT2D eigenvalue weighted by Gasteiger charge is 2.19. The number of hydrogen-bond donors (Lipinski definition) is 3. The molecule has 1 aliphatic rings. The lowest BCUT2D eigenvalue weighted by molar-refractivity contribution is 0.0780. The van der Waals surface area contributed by atoms with Gasteiger partial charge in [-0.1, -0.05) is 35.5 Å². The van der Waals surface area contributed by atoms with E-state index >= 15 is 0 Å². The lowest BCUT2D eigenvalue weighted by Crippen LogP contribution is -2.40. The second-order valence-corrected chi connectivity index (χ2v) is 4.78. The number of nitrogens with two attached hydrogens (primary N) is 1. The molecule has 1 fully saturated rings. The summed E-state index contributed by atoms with van der Waals surface area (Å²) in [6.07, 6.45) is 2.02. The number of nitrogens with one attached hydrogen (secondary N) is 1. The van der Waals surface area contributed by atoms with Crippen LogP contribution in [0, 0.1) is 0 Å². The Bertz CT molecular complexity index is 402. The first-order valence-electron chi connectivity index (χ1n) is 6.64. The first-order chi connectivity index (χ1) is 9.31. The summed E-state index contributed by atoms with van der Waals surface area (Å²) in [6.45, 7) is 2.28. The standard InChI is InChI=1S/C14H21N3O2/c15-14(17-18)13(11-4-2-1-3-5-11)10-16-12-6-8-19-9-7-12/h1-5,12-13,16,18H,6-10H2,(H2,15,17). The summed E-state index contributed by atoms with van der Waals surface area (Å²) in [6, 6.07) is 10.3. The van der Waals surface area contributed by atoms with Gasteiger partial charge in [-0.25, -0.2) is 0 Å². The van der Waals surface area contributed by atoms with Gasteiger partial charge in [0.05, 0.1) is 5.92 Å². The number of hydrogen-bond acceptors (Lipinski definition) is 4. The van der Waals surface area contributed by atoms with Crippen LogP contribution in [0.15, 0.2) is 35.5 Å². The largest absolute Gasteiger partial charge is 0.409 e. The minimum Gasteiger partial charge on any atom is -0.409 e. The van der Waals surface area contributed by atoms with Crippen molar-refractivity contribution in [2.45, 2.75) is 24.8 Å². The lowest BCUT2D eigenvalue weighted by atomic mass is 9.97. The average Bonchev–Trinajstić information content (AvgIpc) is 2.49. The van der Waals surface area contributed by atoms with Gasteiger partial charge in [-0.15, -0.1) is 0 Å². The molecule has 5 heteroatoms. The molecular weight excluding hydrogens is 242 g/mol. The molecular formula is C14H21N3O2. The van der Waals surface area contributed by atoms with E-state index in [9.17, 15) is 0 Å². The fraction of sp³-hybridized carbons (Fsp3) is 0.500. The van der Waals surface area contributed by atoms with Gasteiger partial charge in [0.1, 0.15) is 5.84 Å². The maximum Gasteiger partial charge on any atom is 0.147 e. The maximum absolute atomic E-state index is 8.92. The van der Waals surface area contributed by atoms with Crippen LogP contribution >= 0.6 is 0 Å². The third kappa shape index (κ3) is 3.94. The van der Waals surface area contributed by atoms with Crippen molar-refractivity contribution in [3.63, 3.8) is 0 Å². The van der Waals surface area contributed by atoms with E-state index in [1.165, 1.54) is 0 Å². The number of benzene rings is 1. The minimum absolute atomic E-state index is 0.103. The van der Waals surface area contributed by atoms with Crippen molar-refractivity contribution >= 4 is 5.84 Å². The van der Waals surface area contributed by atoms with Gasteiger partial charge < -0.3 is 21.0 Å². The van der Waals surface area contributed by atoms with Crippen LogP contribution in [-0.4, -0.2) is 36.8 Å². The number of amidine groups is 1. The summed E-state index contributed by atoms with van der Waals surface area (Å²) in [5.74, 6) is 0.139. The molecule has 0 amide bonds. The molecule has 19 heavy (non-hydrogen) atoms. The van der Waals surface area contributed by atoms with Gasteiger partial charge in [0.15, 0.2) is 0 Å². The quantitative estimate of drug-likeness (QED) is 0.324. The number of rotatable bonds is 5. The van der Waals surface area contributed by atoms with Crippen LogP contribution in [0.5, 0.6) is 0 Å². The summed E-state index contributed by atoms with van der Waals surface area (Å²) in [4.78, 5) is 0. The molecule has 2 rings (SSSR count). The van der Waals surface area contributed by atoms with Gasteiger partial charge in [-0.3, -0.25) is 0 Å². The van der Waals surface area contributed by atoms with E-state index in [0.717, 1.165) is 31.6 Å². The third-order valence-corrected chi connectivity index (χ3v) is 3.51. The monoisotopic (exact) mass is 263 g/mol. The molecule has 1 heterocycles. The Morgan fingerprint density at radius 2 is 2.05 bits per heavy atom. The van der Waals surface area contributed by atoms with Crippen LogP contribution in [0.1, 0.15) is 24.3 Å². The Morgan fingerprint density at radius 3 is 2.68 bits per heavy atom. The van der Waals surface area contributed by atoms with Crippen LogP contribution in [-0.2, 0) is 4.74 Å². The van der Waals surface area contributed by atoms with Crippen molar-refractivity contribution in [2.75, 3.05) is 19.8 Å². The first-order valence-corrected chi connectivity index (χ1v) is 6.64. The van der Waals surface area contributed by atoms with Gasteiger partial charge >= 0.3 is 0 Å². The molecule has 0 aliphatic carbocycles. The van der Waals surface area contributed by atoms with Gasteiger partial charge in [0.2, 0.25) is 0 Å². The molecule has 4 N–H and O–H groups in total. The summed E-state index contributed by atoms with van der Waals surface area (Å²) >= 11 is 0. The summed E-state index contributed by atoms with van der Waals surface area (Å²) in [5, 5.41) is 15.6. The molecule has 1 atom stereocenters. The molecule has 1 aromatic carbocycles. The van der Waals surface area contributed by atoms with E-state index in [1.807, 2.05) is 30.3 Å². The minimum atomic E-state index is -0.103. The molecule has 0 saturated carbocycles. The molecule has 1 saturated heterocycles. The average molecular weight is 263 g/mol. The van der Waals surface area contributed by atoms with Crippen molar-refractivity contribution in [2.24, 2.45) is 10.9 Å². The topological polar surface area (TPSA) is 79.9 Å². The van der Waals surface area contributed by atoms with Crippen molar-refractivity contribution in [1.29, 1.82) is 0 Å². The maximum atomic E-state index is 8.92. The molecule has 1 aliphatic heterocycles. The molecule has 5 nitrogen and oxygen atoms in total.